The van der Waals surface area contributed by atoms with Gasteiger partial charge in [-0.25, -0.2) is 0 Å². The third kappa shape index (κ3) is 49.1. The fraction of sp³-hybridized carbons (Fsp3) is 0.638. The average molecular weight is 887 g/mol. The molecule has 0 bridgehead atoms. The van der Waals surface area contributed by atoms with E-state index in [4.69, 9.17) is 14.2 Å². The van der Waals surface area contributed by atoms with E-state index < -0.39 is 12.1 Å². The number of hydrogen-bond acceptors (Lipinski definition) is 6. The van der Waals surface area contributed by atoms with Crippen LogP contribution < -0.4 is 0 Å². The van der Waals surface area contributed by atoms with Crippen molar-refractivity contribution in [3.63, 3.8) is 0 Å². The van der Waals surface area contributed by atoms with E-state index in [-0.39, 0.29) is 31.6 Å². The van der Waals surface area contributed by atoms with Crippen molar-refractivity contribution in [2.75, 3.05) is 13.2 Å². The van der Waals surface area contributed by atoms with Gasteiger partial charge in [0.2, 0.25) is 0 Å². The van der Waals surface area contributed by atoms with Crippen LogP contribution >= 0.6 is 0 Å². The van der Waals surface area contributed by atoms with Crippen LogP contribution in [0.25, 0.3) is 0 Å². The number of unbranched alkanes of at least 4 members (excludes halogenated alkanes) is 16. The molecule has 0 heterocycles. The molecule has 362 valence electrons. The van der Waals surface area contributed by atoms with Crippen LogP contribution in [0.2, 0.25) is 0 Å². The highest BCUT2D eigenvalue weighted by Crippen LogP contribution is 2.14. The monoisotopic (exact) mass is 887 g/mol. The van der Waals surface area contributed by atoms with Crippen LogP contribution in [-0.4, -0.2) is 37.2 Å². The Kier molecular flexibility index (Phi) is 48.5. The number of esters is 3. The molecule has 6 heteroatoms. The highest BCUT2D eigenvalue weighted by molar-refractivity contribution is 5.71. The first-order valence-electron chi connectivity index (χ1n) is 25.9. The summed E-state index contributed by atoms with van der Waals surface area (Å²) in [7, 11) is 0. The number of allylic oxidation sites excluding steroid dienone is 18. The van der Waals surface area contributed by atoms with Gasteiger partial charge in [-0.3, -0.25) is 14.4 Å². The largest absolute Gasteiger partial charge is 0.462 e. The minimum Gasteiger partial charge on any atom is -0.462 e. The van der Waals surface area contributed by atoms with E-state index in [0.29, 0.717) is 19.3 Å². The molecule has 0 spiro atoms. The Labute approximate surface area is 393 Å². The molecular weight excluding hydrogens is 793 g/mol. The molecule has 64 heavy (non-hydrogen) atoms. The lowest BCUT2D eigenvalue weighted by Crippen LogP contribution is -2.30. The van der Waals surface area contributed by atoms with Crippen LogP contribution in [0.15, 0.2) is 109 Å². The first-order chi connectivity index (χ1) is 31.5. The zero-order chi connectivity index (χ0) is 46.5. The van der Waals surface area contributed by atoms with E-state index in [9.17, 15) is 14.4 Å². The van der Waals surface area contributed by atoms with Gasteiger partial charge >= 0.3 is 17.9 Å². The summed E-state index contributed by atoms with van der Waals surface area (Å²) in [6, 6.07) is 0. The molecule has 0 aliphatic carbocycles. The van der Waals surface area contributed by atoms with Crippen molar-refractivity contribution in [3.8, 4) is 0 Å². The third-order valence-electron chi connectivity index (χ3n) is 10.5. The zero-order valence-electron chi connectivity index (χ0n) is 41.3. The van der Waals surface area contributed by atoms with Crippen molar-refractivity contribution in [2.24, 2.45) is 0 Å². The quantitative estimate of drug-likeness (QED) is 0.0262. The van der Waals surface area contributed by atoms with Gasteiger partial charge in [-0.05, 0) is 89.9 Å². The molecule has 0 N–H and O–H groups in total. The molecule has 0 aromatic heterocycles. The average Bonchev–Trinajstić information content (AvgIpc) is 3.29. The van der Waals surface area contributed by atoms with Gasteiger partial charge in [0.05, 0.1) is 0 Å². The molecular formula is C58H94O6. The predicted molar refractivity (Wildman–Crippen MR) is 274 cm³/mol. The summed E-state index contributed by atoms with van der Waals surface area (Å²) < 4.78 is 16.7. The van der Waals surface area contributed by atoms with Crippen LogP contribution in [-0.2, 0) is 28.6 Å². The van der Waals surface area contributed by atoms with Crippen LogP contribution in [0.4, 0.5) is 0 Å². The Morgan fingerprint density at radius 3 is 1.02 bits per heavy atom. The molecule has 0 radical (unpaired) electrons. The minimum atomic E-state index is -0.825. The van der Waals surface area contributed by atoms with Crippen LogP contribution in [0.5, 0.6) is 0 Å². The Morgan fingerprint density at radius 2 is 0.641 bits per heavy atom. The molecule has 6 nitrogen and oxygen atoms in total. The third-order valence-corrected chi connectivity index (χ3v) is 10.5. The van der Waals surface area contributed by atoms with Gasteiger partial charge in [-0.15, -0.1) is 0 Å². The molecule has 0 aromatic carbocycles. The Morgan fingerprint density at radius 1 is 0.328 bits per heavy atom. The molecule has 0 aliphatic rings. The first-order valence-corrected chi connectivity index (χ1v) is 25.9. The van der Waals surface area contributed by atoms with Crippen molar-refractivity contribution < 1.29 is 28.6 Å². The van der Waals surface area contributed by atoms with Crippen molar-refractivity contribution in [1.29, 1.82) is 0 Å². The predicted octanol–water partition coefficient (Wildman–Crippen LogP) is 17.1. The van der Waals surface area contributed by atoms with Gasteiger partial charge in [0.15, 0.2) is 6.10 Å². The van der Waals surface area contributed by atoms with E-state index in [1.54, 1.807) is 0 Å². The van der Waals surface area contributed by atoms with E-state index in [2.05, 4.69) is 118 Å². The lowest BCUT2D eigenvalue weighted by atomic mass is 10.0. The smallest absolute Gasteiger partial charge is 0.306 e. The fourth-order valence-corrected chi connectivity index (χ4v) is 6.72. The standard InChI is InChI=1S/C58H94O6/c1-4-7-10-13-16-19-22-25-27-28-29-30-32-34-37-40-43-46-49-52-58(61)64-55(53-62-56(59)50-47-44-41-38-35-24-21-18-15-12-9-6-3)54-63-57(60)51-48-45-42-39-36-33-31-26-23-20-17-14-11-8-5-2/h7-8,10-11,16-17,19-20,25-27,29-31,34,37,43,46,55H,4-6,9,12-15,18,21-24,28,32-33,35-36,38-42,44-45,47-54H2,1-3H3/b10-7-,11-8-,19-16-,20-17-,27-25-,30-29-,31-26-,37-34-,46-43-/t55-/m0/s1. The number of hydrogen-bond donors (Lipinski definition) is 0. The van der Waals surface area contributed by atoms with Crippen molar-refractivity contribution in [1.82, 2.24) is 0 Å². The molecule has 0 saturated carbocycles. The van der Waals surface area contributed by atoms with Gasteiger partial charge in [0, 0.05) is 19.3 Å². The number of ether oxygens (including phenoxy) is 3. The SMILES string of the molecule is CC/C=C\C/C=C\C/C=C\C/C=C\C/C=C\C/C=C\CCC(=O)O[C@H](COC(=O)CCCCCCC/C=C\C/C=C\C/C=C\CC)COC(=O)CCCCCCCCCCCCCC. The summed E-state index contributed by atoms with van der Waals surface area (Å²) in [5.41, 5.74) is 0. The topological polar surface area (TPSA) is 78.9 Å². The summed E-state index contributed by atoms with van der Waals surface area (Å²) in [6.07, 6.45) is 69.4. The van der Waals surface area contributed by atoms with Crippen LogP contribution in [0.3, 0.4) is 0 Å². The second kappa shape index (κ2) is 51.7. The Bertz CT molecular complexity index is 1340. The fourth-order valence-electron chi connectivity index (χ4n) is 6.72. The van der Waals surface area contributed by atoms with Gasteiger partial charge in [-0.1, -0.05) is 220 Å². The number of carbonyl (C=O) groups excluding carboxylic acids is 3. The van der Waals surface area contributed by atoms with Crippen LogP contribution in [0.1, 0.15) is 220 Å². The molecule has 0 saturated heterocycles. The Hall–Kier alpha value is -3.93. The lowest BCUT2D eigenvalue weighted by Gasteiger charge is -2.18. The molecule has 0 aliphatic heterocycles. The van der Waals surface area contributed by atoms with Crippen molar-refractivity contribution in [3.05, 3.63) is 109 Å². The van der Waals surface area contributed by atoms with E-state index in [1.165, 1.54) is 57.8 Å². The second-order valence-corrected chi connectivity index (χ2v) is 16.7. The molecule has 0 rings (SSSR count). The maximum atomic E-state index is 12.8. The maximum Gasteiger partial charge on any atom is 0.306 e. The first kappa shape index (κ1) is 60.1. The van der Waals surface area contributed by atoms with Crippen molar-refractivity contribution >= 4 is 17.9 Å². The van der Waals surface area contributed by atoms with Crippen molar-refractivity contribution in [2.45, 2.75) is 226 Å². The summed E-state index contributed by atoms with van der Waals surface area (Å²) in [6.45, 7) is 6.32. The summed E-state index contributed by atoms with van der Waals surface area (Å²) in [5, 5.41) is 0. The van der Waals surface area contributed by atoms with Gasteiger partial charge in [0.1, 0.15) is 13.2 Å². The normalized spacial score (nSPS) is 13.0. The van der Waals surface area contributed by atoms with E-state index in [0.717, 1.165) is 116 Å². The highest BCUT2D eigenvalue weighted by Gasteiger charge is 2.19. The highest BCUT2D eigenvalue weighted by atomic mass is 16.6. The zero-order valence-corrected chi connectivity index (χ0v) is 41.3. The van der Waals surface area contributed by atoms with Gasteiger partial charge in [0.25, 0.3) is 0 Å². The number of rotatable bonds is 45. The summed E-state index contributed by atoms with van der Waals surface area (Å²) in [5.74, 6) is -1.02. The van der Waals surface area contributed by atoms with Gasteiger partial charge < -0.3 is 14.2 Å². The summed E-state index contributed by atoms with van der Waals surface area (Å²) >= 11 is 0. The van der Waals surface area contributed by atoms with E-state index in [1.807, 2.05) is 12.2 Å². The summed E-state index contributed by atoms with van der Waals surface area (Å²) in [4.78, 5) is 37.9. The molecule has 0 aromatic rings. The lowest BCUT2D eigenvalue weighted by molar-refractivity contribution is -0.166. The van der Waals surface area contributed by atoms with E-state index >= 15 is 0 Å². The Balaban J connectivity index is 4.54. The molecule has 0 unspecified atom stereocenters. The molecule has 0 fully saturated rings. The van der Waals surface area contributed by atoms with Gasteiger partial charge in [-0.2, -0.15) is 0 Å². The minimum absolute atomic E-state index is 0.114. The molecule has 1 atom stereocenters. The molecule has 0 amide bonds. The maximum absolute atomic E-state index is 12.8. The second-order valence-electron chi connectivity index (χ2n) is 16.7. The number of carbonyl (C=O) groups is 3. The van der Waals surface area contributed by atoms with Crippen LogP contribution in [0, 0.1) is 0 Å².